The molecule has 0 aliphatic heterocycles. The van der Waals surface area contributed by atoms with Gasteiger partial charge in [-0.15, -0.1) is 0 Å². The van der Waals surface area contributed by atoms with Gasteiger partial charge in [0.15, 0.2) is 23.6 Å². The van der Waals surface area contributed by atoms with Crippen LogP contribution >= 0.6 is 11.6 Å². The van der Waals surface area contributed by atoms with Gasteiger partial charge in [0.05, 0.1) is 16.1 Å². The number of alkyl halides is 2. The van der Waals surface area contributed by atoms with Crippen LogP contribution in [0.4, 0.5) is 13.2 Å². The second-order valence-corrected chi connectivity index (χ2v) is 9.67. The first-order valence-corrected chi connectivity index (χ1v) is 12.3. The van der Waals surface area contributed by atoms with Crippen molar-refractivity contribution in [3.8, 4) is 16.9 Å². The maximum absolute atomic E-state index is 14.8. The molecular weight excluding hydrogens is 507 g/mol. The Bertz CT molecular complexity index is 1310. The Morgan fingerprint density at radius 1 is 1.11 bits per heavy atom. The number of aromatic nitrogens is 1. The highest BCUT2D eigenvalue weighted by atomic mass is 35.5. The number of ether oxygens (including phenoxy) is 1. The zero-order valence-electron chi connectivity index (χ0n) is 20.1. The van der Waals surface area contributed by atoms with Crippen LogP contribution < -0.4 is 9.47 Å². The number of rotatable bonds is 10. The SMILES string of the molecule is CC(=O)c1ccc(CC(=O)C(CC2CCC2)c2ccc(-c3c(OC(F)F)ccc(Cl)c3F)c[n+]2[O-])cc1. The number of pyridine rings is 1. The van der Waals surface area contributed by atoms with Gasteiger partial charge in [-0.05, 0) is 43.0 Å². The molecule has 9 heteroatoms. The van der Waals surface area contributed by atoms with E-state index in [-0.39, 0.29) is 39.8 Å². The van der Waals surface area contributed by atoms with E-state index in [9.17, 15) is 28.0 Å². The maximum atomic E-state index is 14.8. The molecular formula is C28H25ClF3NO4. The first-order chi connectivity index (χ1) is 17.6. The summed E-state index contributed by atoms with van der Waals surface area (Å²) in [5.74, 6) is -2.08. The monoisotopic (exact) mass is 531 g/mol. The van der Waals surface area contributed by atoms with Gasteiger partial charge >= 0.3 is 6.61 Å². The van der Waals surface area contributed by atoms with Gasteiger partial charge in [-0.25, -0.2) is 4.39 Å². The van der Waals surface area contributed by atoms with Crippen molar-refractivity contribution in [2.45, 2.75) is 51.6 Å². The van der Waals surface area contributed by atoms with Crippen molar-refractivity contribution in [2.24, 2.45) is 5.92 Å². The van der Waals surface area contributed by atoms with Gasteiger partial charge in [-0.1, -0.05) is 55.1 Å². The van der Waals surface area contributed by atoms with E-state index in [1.54, 1.807) is 24.3 Å². The predicted molar refractivity (Wildman–Crippen MR) is 132 cm³/mol. The Morgan fingerprint density at radius 2 is 1.81 bits per heavy atom. The highest BCUT2D eigenvalue weighted by Gasteiger charge is 2.33. The number of nitrogens with zero attached hydrogens (tertiary/aromatic N) is 1. The predicted octanol–water partition coefficient (Wildman–Crippen LogP) is 6.67. The van der Waals surface area contributed by atoms with E-state index < -0.39 is 24.1 Å². The molecule has 1 atom stereocenters. The molecule has 194 valence electrons. The number of hydrogen-bond donors (Lipinski definition) is 0. The largest absolute Gasteiger partial charge is 0.618 e. The first kappa shape index (κ1) is 26.7. The molecule has 0 radical (unpaired) electrons. The summed E-state index contributed by atoms with van der Waals surface area (Å²) < 4.78 is 45.5. The van der Waals surface area contributed by atoms with Crippen LogP contribution in [0.2, 0.25) is 5.02 Å². The van der Waals surface area contributed by atoms with Crippen molar-refractivity contribution >= 4 is 23.2 Å². The molecule has 1 unspecified atom stereocenters. The van der Waals surface area contributed by atoms with Gasteiger partial charge in [0.2, 0.25) is 5.69 Å². The van der Waals surface area contributed by atoms with Crippen molar-refractivity contribution < 1.29 is 32.2 Å². The van der Waals surface area contributed by atoms with Crippen LogP contribution in [0.15, 0.2) is 54.7 Å². The van der Waals surface area contributed by atoms with Crippen LogP contribution in [0.3, 0.4) is 0 Å². The zero-order chi connectivity index (χ0) is 26.7. The fourth-order valence-electron chi connectivity index (χ4n) is 4.57. The van der Waals surface area contributed by atoms with Gasteiger partial charge in [0.25, 0.3) is 0 Å². The average molecular weight is 532 g/mol. The molecule has 4 rings (SSSR count). The van der Waals surface area contributed by atoms with Gasteiger partial charge in [-0.2, -0.15) is 13.5 Å². The molecule has 0 N–H and O–H groups in total. The second kappa shape index (κ2) is 11.3. The summed E-state index contributed by atoms with van der Waals surface area (Å²) in [6, 6.07) is 11.8. The molecule has 0 bridgehead atoms. The van der Waals surface area contributed by atoms with E-state index in [0.717, 1.165) is 43.2 Å². The van der Waals surface area contributed by atoms with Gasteiger partial charge in [-0.3, -0.25) is 9.59 Å². The average Bonchev–Trinajstić information content (AvgIpc) is 2.81. The number of halogens is 4. The minimum absolute atomic E-state index is 0.0101. The molecule has 1 heterocycles. The summed E-state index contributed by atoms with van der Waals surface area (Å²) in [5, 5.41) is 12.8. The zero-order valence-corrected chi connectivity index (χ0v) is 20.8. The molecule has 1 aliphatic rings. The minimum atomic E-state index is -3.20. The number of carbonyl (C=O) groups is 2. The van der Waals surface area contributed by atoms with Crippen LogP contribution in [0, 0.1) is 16.9 Å². The van der Waals surface area contributed by atoms with Crippen molar-refractivity contribution in [1.29, 1.82) is 0 Å². The number of hydrogen-bond acceptors (Lipinski definition) is 4. The Balaban J connectivity index is 1.66. The van der Waals surface area contributed by atoms with Crippen LogP contribution in [-0.4, -0.2) is 18.2 Å². The molecule has 0 spiro atoms. The highest BCUT2D eigenvalue weighted by molar-refractivity contribution is 6.31. The van der Waals surface area contributed by atoms with E-state index >= 15 is 0 Å². The first-order valence-electron chi connectivity index (χ1n) is 11.9. The molecule has 1 aromatic heterocycles. The van der Waals surface area contributed by atoms with E-state index in [1.165, 1.54) is 19.1 Å². The summed E-state index contributed by atoms with van der Waals surface area (Å²) in [5.41, 5.74) is 1.08. The number of carbonyl (C=O) groups excluding carboxylic acids is 2. The minimum Gasteiger partial charge on any atom is -0.618 e. The van der Waals surface area contributed by atoms with Crippen molar-refractivity contribution in [3.05, 3.63) is 87.6 Å². The third-order valence-corrected chi connectivity index (χ3v) is 7.08. The Kier molecular flexibility index (Phi) is 8.17. The molecule has 1 fully saturated rings. The number of Topliss-reactive ketones (excluding diaryl/α,β-unsaturated/α-hetero) is 2. The van der Waals surface area contributed by atoms with Gasteiger partial charge in [0.1, 0.15) is 11.7 Å². The summed E-state index contributed by atoms with van der Waals surface area (Å²) in [6.07, 6.45) is 4.62. The molecule has 0 saturated heterocycles. The van der Waals surface area contributed by atoms with Crippen molar-refractivity contribution in [2.75, 3.05) is 0 Å². The van der Waals surface area contributed by atoms with Gasteiger partial charge in [0, 0.05) is 18.1 Å². The van der Waals surface area contributed by atoms with Crippen molar-refractivity contribution in [3.63, 3.8) is 0 Å². The van der Waals surface area contributed by atoms with Crippen LogP contribution in [0.5, 0.6) is 5.75 Å². The third kappa shape index (κ3) is 6.13. The Labute approximate surface area is 217 Å². The molecule has 37 heavy (non-hydrogen) atoms. The van der Waals surface area contributed by atoms with E-state index in [2.05, 4.69) is 4.74 Å². The fraction of sp³-hybridized carbons (Fsp3) is 0.321. The van der Waals surface area contributed by atoms with Crippen LogP contribution in [-0.2, 0) is 11.2 Å². The highest BCUT2D eigenvalue weighted by Crippen LogP contribution is 2.39. The van der Waals surface area contributed by atoms with E-state index in [1.807, 2.05) is 0 Å². The lowest BCUT2D eigenvalue weighted by atomic mass is 9.76. The lowest BCUT2D eigenvalue weighted by Crippen LogP contribution is -2.37. The van der Waals surface area contributed by atoms with Gasteiger partial charge < -0.3 is 9.94 Å². The topological polar surface area (TPSA) is 70.3 Å². The normalized spacial score (nSPS) is 14.3. The number of benzene rings is 2. The quantitative estimate of drug-likeness (QED) is 0.166. The molecule has 1 aliphatic carbocycles. The third-order valence-electron chi connectivity index (χ3n) is 6.78. The summed E-state index contributed by atoms with van der Waals surface area (Å²) >= 11 is 5.85. The van der Waals surface area contributed by atoms with Crippen molar-refractivity contribution in [1.82, 2.24) is 0 Å². The smallest absolute Gasteiger partial charge is 0.387 e. The Morgan fingerprint density at radius 3 is 2.38 bits per heavy atom. The standard InChI is InChI=1S/C28H25ClF3NO4/c1-16(34)19-7-5-18(6-8-19)14-24(35)21(13-17-3-2-4-17)23-11-9-20(15-33(23)36)26-25(37-28(31)32)12-10-22(29)27(26)30/h5-12,15,17,21,28H,2-4,13-14H2,1H3. The van der Waals surface area contributed by atoms with Crippen LogP contribution in [0.1, 0.15) is 60.1 Å². The second-order valence-electron chi connectivity index (χ2n) is 9.26. The van der Waals surface area contributed by atoms with E-state index in [0.29, 0.717) is 22.6 Å². The molecule has 5 nitrogen and oxygen atoms in total. The molecule has 0 amide bonds. The molecule has 1 saturated carbocycles. The van der Waals surface area contributed by atoms with Crippen LogP contribution in [0.25, 0.3) is 11.1 Å². The summed E-state index contributed by atoms with van der Waals surface area (Å²) in [6.45, 7) is -1.74. The van der Waals surface area contributed by atoms with E-state index in [4.69, 9.17) is 11.6 Å². The Hall–Kier alpha value is -3.39. The summed E-state index contributed by atoms with van der Waals surface area (Å²) in [7, 11) is 0. The lowest BCUT2D eigenvalue weighted by molar-refractivity contribution is -0.614. The molecule has 3 aromatic rings. The molecule has 2 aromatic carbocycles. The summed E-state index contributed by atoms with van der Waals surface area (Å²) in [4.78, 5) is 24.9. The lowest BCUT2D eigenvalue weighted by Gasteiger charge is -2.28. The number of ketones is 2. The fourth-order valence-corrected chi connectivity index (χ4v) is 4.72. The maximum Gasteiger partial charge on any atom is 0.387 e.